The summed E-state index contributed by atoms with van der Waals surface area (Å²) in [6, 6.07) is -0.277. The first-order chi connectivity index (χ1) is 7.13. The first-order valence-electron chi connectivity index (χ1n) is 5.23. The normalized spacial score (nSPS) is 13.1. The second-order valence-electron chi connectivity index (χ2n) is 3.30. The molecule has 1 unspecified atom stereocenters. The van der Waals surface area contributed by atoms with Gasteiger partial charge in [0.1, 0.15) is 0 Å². The molecule has 0 rings (SSSR count). The number of nitrogens with zero attached hydrogens (tertiary/aromatic N) is 1. The average Bonchev–Trinajstić information content (AvgIpc) is 2.22. The highest BCUT2D eigenvalue weighted by atomic mass is 16.5. The molecule has 1 amide bonds. The van der Waals surface area contributed by atoms with Gasteiger partial charge in [0.15, 0.2) is 0 Å². The Hall–Kier alpha value is -0.650. The standard InChI is InChI=1S/C10H22N2O3/c1-4-15-8-6-12(5-7-14-3)9(2)10(11)13/h9H,4-8H2,1-3H3,(H2,11,13). The number of ether oxygens (including phenoxy) is 2. The van der Waals surface area contributed by atoms with E-state index in [1.54, 1.807) is 14.0 Å². The first kappa shape index (κ1) is 14.3. The summed E-state index contributed by atoms with van der Waals surface area (Å²) in [6.45, 7) is 7.00. The zero-order valence-corrected chi connectivity index (χ0v) is 9.86. The molecule has 0 aromatic rings. The van der Waals surface area contributed by atoms with Crippen LogP contribution >= 0.6 is 0 Å². The molecule has 2 N–H and O–H groups in total. The number of carbonyl (C=O) groups excluding carboxylic acids is 1. The van der Waals surface area contributed by atoms with E-state index in [4.69, 9.17) is 15.2 Å². The van der Waals surface area contributed by atoms with Gasteiger partial charge in [0, 0.05) is 26.8 Å². The number of methoxy groups -OCH3 is 1. The minimum Gasteiger partial charge on any atom is -0.383 e. The molecule has 15 heavy (non-hydrogen) atoms. The van der Waals surface area contributed by atoms with Crippen LogP contribution in [0.5, 0.6) is 0 Å². The fraction of sp³-hybridized carbons (Fsp3) is 0.900. The molecule has 0 aromatic carbocycles. The van der Waals surface area contributed by atoms with Crippen molar-refractivity contribution in [1.29, 1.82) is 0 Å². The van der Waals surface area contributed by atoms with Crippen LogP contribution in [-0.2, 0) is 14.3 Å². The molecule has 0 spiro atoms. The molecule has 5 heteroatoms. The van der Waals surface area contributed by atoms with Crippen molar-refractivity contribution in [1.82, 2.24) is 4.90 Å². The second kappa shape index (κ2) is 8.64. The molecule has 0 bridgehead atoms. The smallest absolute Gasteiger partial charge is 0.234 e. The third-order valence-electron chi connectivity index (χ3n) is 2.27. The Morgan fingerprint density at radius 1 is 1.40 bits per heavy atom. The van der Waals surface area contributed by atoms with Crippen LogP contribution in [0.15, 0.2) is 0 Å². The number of hydrogen-bond acceptors (Lipinski definition) is 4. The lowest BCUT2D eigenvalue weighted by Crippen LogP contribution is -2.45. The lowest BCUT2D eigenvalue weighted by atomic mass is 10.2. The van der Waals surface area contributed by atoms with E-state index >= 15 is 0 Å². The highest BCUT2D eigenvalue weighted by Gasteiger charge is 2.17. The Morgan fingerprint density at radius 3 is 2.47 bits per heavy atom. The topological polar surface area (TPSA) is 64.8 Å². The fourth-order valence-corrected chi connectivity index (χ4v) is 1.21. The van der Waals surface area contributed by atoms with Gasteiger partial charge in [-0.3, -0.25) is 9.69 Å². The first-order valence-corrected chi connectivity index (χ1v) is 5.23. The Balaban J connectivity index is 3.99. The highest BCUT2D eigenvalue weighted by Crippen LogP contribution is 1.98. The lowest BCUT2D eigenvalue weighted by Gasteiger charge is -2.26. The summed E-state index contributed by atoms with van der Waals surface area (Å²) in [7, 11) is 1.63. The van der Waals surface area contributed by atoms with Gasteiger partial charge in [-0.15, -0.1) is 0 Å². The third kappa shape index (κ3) is 6.43. The predicted octanol–water partition coefficient (Wildman–Crippen LogP) is -0.155. The molecular formula is C10H22N2O3. The monoisotopic (exact) mass is 218 g/mol. The van der Waals surface area contributed by atoms with E-state index in [9.17, 15) is 4.79 Å². The predicted molar refractivity (Wildman–Crippen MR) is 58.6 cm³/mol. The highest BCUT2D eigenvalue weighted by molar-refractivity contribution is 5.79. The van der Waals surface area contributed by atoms with Crippen LogP contribution in [0.1, 0.15) is 13.8 Å². The van der Waals surface area contributed by atoms with Crippen molar-refractivity contribution in [3.8, 4) is 0 Å². The van der Waals surface area contributed by atoms with E-state index in [2.05, 4.69) is 0 Å². The largest absolute Gasteiger partial charge is 0.383 e. The molecule has 0 radical (unpaired) electrons. The van der Waals surface area contributed by atoms with E-state index in [1.165, 1.54) is 0 Å². The summed E-state index contributed by atoms with van der Waals surface area (Å²) < 4.78 is 10.2. The van der Waals surface area contributed by atoms with E-state index < -0.39 is 0 Å². The Kier molecular flexibility index (Phi) is 8.27. The maximum absolute atomic E-state index is 11.0. The van der Waals surface area contributed by atoms with Gasteiger partial charge in [0.25, 0.3) is 0 Å². The number of amides is 1. The van der Waals surface area contributed by atoms with Crippen molar-refractivity contribution < 1.29 is 14.3 Å². The molecular weight excluding hydrogens is 196 g/mol. The van der Waals surface area contributed by atoms with E-state index in [1.807, 2.05) is 11.8 Å². The molecule has 0 saturated heterocycles. The number of primary amides is 1. The van der Waals surface area contributed by atoms with Gasteiger partial charge >= 0.3 is 0 Å². The Morgan fingerprint density at radius 2 is 2.00 bits per heavy atom. The van der Waals surface area contributed by atoms with E-state index in [0.717, 1.165) is 0 Å². The van der Waals surface area contributed by atoms with Crippen LogP contribution in [0, 0.1) is 0 Å². The number of carbonyl (C=O) groups is 1. The van der Waals surface area contributed by atoms with Crippen molar-refractivity contribution in [2.45, 2.75) is 19.9 Å². The molecule has 0 fully saturated rings. The SMILES string of the molecule is CCOCCN(CCOC)C(C)C(N)=O. The molecule has 0 aromatic heterocycles. The van der Waals surface area contributed by atoms with Crippen LogP contribution in [-0.4, -0.2) is 56.9 Å². The molecule has 0 aliphatic rings. The maximum Gasteiger partial charge on any atom is 0.234 e. The number of hydrogen-bond donors (Lipinski definition) is 1. The Labute approximate surface area is 91.5 Å². The van der Waals surface area contributed by atoms with E-state index in [-0.39, 0.29) is 11.9 Å². The second-order valence-corrected chi connectivity index (χ2v) is 3.30. The molecule has 0 aliphatic carbocycles. The third-order valence-corrected chi connectivity index (χ3v) is 2.27. The van der Waals surface area contributed by atoms with Crippen LogP contribution in [0.3, 0.4) is 0 Å². The summed E-state index contributed by atoms with van der Waals surface area (Å²) in [4.78, 5) is 13.0. The average molecular weight is 218 g/mol. The summed E-state index contributed by atoms with van der Waals surface area (Å²) in [5.41, 5.74) is 5.25. The zero-order chi connectivity index (χ0) is 11.7. The summed E-state index contributed by atoms with van der Waals surface area (Å²) in [6.07, 6.45) is 0. The van der Waals surface area contributed by atoms with Gasteiger partial charge in [-0.25, -0.2) is 0 Å². The van der Waals surface area contributed by atoms with Crippen molar-refractivity contribution in [2.24, 2.45) is 5.73 Å². The van der Waals surface area contributed by atoms with Crippen molar-refractivity contribution in [2.75, 3.05) is 40.0 Å². The van der Waals surface area contributed by atoms with Gasteiger partial charge in [0.2, 0.25) is 5.91 Å². The van der Waals surface area contributed by atoms with Crippen molar-refractivity contribution in [3.63, 3.8) is 0 Å². The minimum atomic E-state index is -0.317. The quantitative estimate of drug-likeness (QED) is 0.546. The zero-order valence-electron chi connectivity index (χ0n) is 9.86. The number of rotatable bonds is 9. The van der Waals surface area contributed by atoms with E-state index in [0.29, 0.717) is 32.9 Å². The molecule has 90 valence electrons. The number of nitrogens with two attached hydrogens (primary N) is 1. The summed E-state index contributed by atoms with van der Waals surface area (Å²) in [5, 5.41) is 0. The molecule has 0 heterocycles. The fourth-order valence-electron chi connectivity index (χ4n) is 1.21. The van der Waals surface area contributed by atoms with Crippen LogP contribution in [0.4, 0.5) is 0 Å². The minimum absolute atomic E-state index is 0.277. The van der Waals surface area contributed by atoms with Crippen LogP contribution < -0.4 is 5.73 Å². The van der Waals surface area contributed by atoms with Gasteiger partial charge in [0.05, 0.1) is 19.3 Å². The summed E-state index contributed by atoms with van der Waals surface area (Å²) >= 11 is 0. The van der Waals surface area contributed by atoms with Crippen molar-refractivity contribution in [3.05, 3.63) is 0 Å². The van der Waals surface area contributed by atoms with Gasteiger partial charge < -0.3 is 15.2 Å². The van der Waals surface area contributed by atoms with Gasteiger partial charge in [-0.05, 0) is 13.8 Å². The maximum atomic E-state index is 11.0. The van der Waals surface area contributed by atoms with Gasteiger partial charge in [-0.1, -0.05) is 0 Å². The van der Waals surface area contributed by atoms with Crippen LogP contribution in [0.25, 0.3) is 0 Å². The van der Waals surface area contributed by atoms with Crippen molar-refractivity contribution >= 4 is 5.91 Å². The van der Waals surface area contributed by atoms with Gasteiger partial charge in [-0.2, -0.15) is 0 Å². The summed E-state index contributed by atoms with van der Waals surface area (Å²) in [5.74, 6) is -0.317. The molecule has 0 saturated carbocycles. The van der Waals surface area contributed by atoms with Crippen LogP contribution in [0.2, 0.25) is 0 Å². The molecule has 1 atom stereocenters. The molecule has 5 nitrogen and oxygen atoms in total. The Bertz CT molecular complexity index is 176. The lowest BCUT2D eigenvalue weighted by molar-refractivity contribution is -0.123. The molecule has 0 aliphatic heterocycles.